The van der Waals surface area contributed by atoms with Gasteiger partial charge in [0.05, 0.1) is 19.3 Å². The zero-order chi connectivity index (χ0) is 12.3. The molecule has 1 rings (SSSR count). The summed E-state index contributed by atoms with van der Waals surface area (Å²) in [5.41, 5.74) is 0. The first kappa shape index (κ1) is 13.8. The number of hydrogen-bond acceptors (Lipinski definition) is 7. The Bertz CT molecular complexity index is 210. The van der Waals surface area contributed by atoms with Crippen LogP contribution in [0.5, 0.6) is 0 Å². The van der Waals surface area contributed by atoms with E-state index in [9.17, 15) is 15.3 Å². The number of aliphatic hydroxyl groups is 5. The summed E-state index contributed by atoms with van der Waals surface area (Å²) in [6.45, 7) is 0.786. The minimum Gasteiger partial charge on any atom is -0.394 e. The van der Waals surface area contributed by atoms with Crippen LogP contribution in [0.3, 0.4) is 0 Å². The molecule has 7 nitrogen and oxygen atoms in total. The van der Waals surface area contributed by atoms with E-state index in [1.54, 1.807) is 6.92 Å². The summed E-state index contributed by atoms with van der Waals surface area (Å²) < 4.78 is 10.2. The molecule has 0 aliphatic carbocycles. The van der Waals surface area contributed by atoms with Crippen molar-refractivity contribution in [2.75, 3.05) is 13.2 Å². The van der Waals surface area contributed by atoms with Crippen LogP contribution < -0.4 is 0 Å². The third-order valence-corrected chi connectivity index (χ3v) is 2.47. The zero-order valence-corrected chi connectivity index (χ0v) is 8.93. The van der Waals surface area contributed by atoms with Crippen molar-refractivity contribution in [2.24, 2.45) is 0 Å². The molecule has 6 atom stereocenters. The van der Waals surface area contributed by atoms with Crippen molar-refractivity contribution in [3.8, 4) is 0 Å². The minimum absolute atomic E-state index is 0.269. The summed E-state index contributed by atoms with van der Waals surface area (Å²) >= 11 is 0. The van der Waals surface area contributed by atoms with Gasteiger partial charge in [0, 0.05) is 0 Å². The zero-order valence-electron chi connectivity index (χ0n) is 8.93. The second-order valence-electron chi connectivity index (χ2n) is 3.83. The van der Waals surface area contributed by atoms with E-state index in [0.717, 1.165) is 0 Å². The fourth-order valence-electron chi connectivity index (χ4n) is 1.45. The highest BCUT2D eigenvalue weighted by Gasteiger charge is 2.44. The van der Waals surface area contributed by atoms with Crippen molar-refractivity contribution >= 4 is 0 Å². The first-order chi connectivity index (χ1) is 7.51. The van der Waals surface area contributed by atoms with Crippen LogP contribution in [0.1, 0.15) is 6.92 Å². The van der Waals surface area contributed by atoms with Crippen LogP contribution in [0.15, 0.2) is 0 Å². The van der Waals surface area contributed by atoms with Gasteiger partial charge in [-0.2, -0.15) is 0 Å². The lowest BCUT2D eigenvalue weighted by Gasteiger charge is -2.40. The summed E-state index contributed by atoms with van der Waals surface area (Å²) in [6.07, 6.45) is -7.04. The topological polar surface area (TPSA) is 120 Å². The Morgan fingerprint density at radius 1 is 1.12 bits per heavy atom. The highest BCUT2D eigenvalue weighted by atomic mass is 16.7. The lowest BCUT2D eigenvalue weighted by Crippen LogP contribution is -2.59. The second-order valence-corrected chi connectivity index (χ2v) is 3.83. The molecule has 1 heterocycles. The number of rotatable bonds is 4. The summed E-state index contributed by atoms with van der Waals surface area (Å²) in [5.74, 6) is 0. The summed E-state index contributed by atoms with van der Waals surface area (Å²) in [4.78, 5) is 0. The Hall–Kier alpha value is -0.280. The molecule has 96 valence electrons. The average molecular weight is 238 g/mol. The molecule has 0 aromatic heterocycles. The fraction of sp³-hybridized carbons (Fsp3) is 1.00. The lowest BCUT2D eigenvalue weighted by atomic mass is 9.99. The third kappa shape index (κ3) is 2.89. The smallest absolute Gasteiger partial charge is 0.187 e. The van der Waals surface area contributed by atoms with E-state index in [4.69, 9.17) is 19.7 Å². The van der Waals surface area contributed by atoms with Crippen molar-refractivity contribution < 1.29 is 35.0 Å². The van der Waals surface area contributed by atoms with Gasteiger partial charge in [0.2, 0.25) is 0 Å². The molecule has 1 saturated heterocycles. The van der Waals surface area contributed by atoms with Crippen LogP contribution in [0.2, 0.25) is 0 Å². The van der Waals surface area contributed by atoms with Gasteiger partial charge in [-0.3, -0.25) is 0 Å². The van der Waals surface area contributed by atoms with Gasteiger partial charge in [-0.15, -0.1) is 0 Å². The van der Waals surface area contributed by atoms with E-state index in [2.05, 4.69) is 0 Å². The Morgan fingerprint density at radius 2 is 1.75 bits per heavy atom. The van der Waals surface area contributed by atoms with Crippen LogP contribution in [-0.4, -0.2) is 75.6 Å². The summed E-state index contributed by atoms with van der Waals surface area (Å²) in [7, 11) is 0. The monoisotopic (exact) mass is 238 g/mol. The summed E-state index contributed by atoms with van der Waals surface area (Å²) in [6, 6.07) is 0. The highest BCUT2D eigenvalue weighted by molar-refractivity contribution is 4.89. The predicted molar refractivity (Wildman–Crippen MR) is 51.4 cm³/mol. The summed E-state index contributed by atoms with van der Waals surface area (Å²) in [5, 5.41) is 46.1. The molecule has 2 unspecified atom stereocenters. The quantitative estimate of drug-likeness (QED) is 0.358. The molecule has 0 spiro atoms. The fourth-order valence-corrected chi connectivity index (χ4v) is 1.45. The van der Waals surface area contributed by atoms with Crippen molar-refractivity contribution in [1.82, 2.24) is 0 Å². The minimum atomic E-state index is -1.46. The number of hydrogen-bond donors (Lipinski definition) is 5. The van der Waals surface area contributed by atoms with Crippen LogP contribution in [0.25, 0.3) is 0 Å². The maximum atomic E-state index is 9.54. The molecule has 0 bridgehead atoms. The van der Waals surface area contributed by atoms with E-state index < -0.39 is 43.4 Å². The molecular weight excluding hydrogens is 220 g/mol. The average Bonchev–Trinajstić information content (AvgIpc) is 2.29. The molecule has 7 heteroatoms. The lowest BCUT2D eigenvalue weighted by molar-refractivity contribution is -0.311. The van der Waals surface area contributed by atoms with Gasteiger partial charge >= 0.3 is 0 Å². The molecule has 1 aliphatic heterocycles. The van der Waals surface area contributed by atoms with Gasteiger partial charge < -0.3 is 35.0 Å². The van der Waals surface area contributed by atoms with Crippen molar-refractivity contribution in [2.45, 2.75) is 43.7 Å². The van der Waals surface area contributed by atoms with E-state index in [1.165, 1.54) is 0 Å². The molecule has 0 saturated carbocycles. The highest BCUT2D eigenvalue weighted by Crippen LogP contribution is 2.22. The third-order valence-electron chi connectivity index (χ3n) is 2.47. The Balaban J connectivity index is 2.63. The van der Waals surface area contributed by atoms with Crippen LogP contribution in [-0.2, 0) is 9.47 Å². The molecule has 0 amide bonds. The van der Waals surface area contributed by atoms with Crippen LogP contribution >= 0.6 is 0 Å². The Labute approximate surface area is 92.9 Å². The Kier molecular flexibility index (Phi) is 5.06. The maximum absolute atomic E-state index is 9.54. The molecule has 0 radical (unpaired) electrons. The standard InChI is InChI=1S/C9H18O7/c1-4(2-10)15-9-8(14)7(13)6(12)5(3-11)16-9/h4-14H,2-3H2,1H3/t4-,5?,6-,7-,8?,9-/m0/s1. The predicted octanol–water partition coefficient (Wildman–Crippen LogP) is -2.82. The molecule has 0 aromatic carbocycles. The van der Waals surface area contributed by atoms with Crippen LogP contribution in [0, 0.1) is 0 Å². The first-order valence-electron chi connectivity index (χ1n) is 5.08. The largest absolute Gasteiger partial charge is 0.394 e. The normalized spacial score (nSPS) is 42.0. The van der Waals surface area contributed by atoms with Crippen LogP contribution in [0.4, 0.5) is 0 Å². The molecular formula is C9H18O7. The SMILES string of the molecule is C[C@@H](CO)O[C@H]1OC(CO)[C@H](O)[C@H](O)C1O. The molecule has 16 heavy (non-hydrogen) atoms. The van der Waals surface area contributed by atoms with Gasteiger partial charge in [0.1, 0.15) is 24.4 Å². The second kappa shape index (κ2) is 5.87. The van der Waals surface area contributed by atoms with Gasteiger partial charge in [-0.25, -0.2) is 0 Å². The molecule has 0 aromatic rings. The van der Waals surface area contributed by atoms with Gasteiger partial charge in [-0.1, -0.05) is 0 Å². The Morgan fingerprint density at radius 3 is 2.25 bits per heavy atom. The van der Waals surface area contributed by atoms with E-state index >= 15 is 0 Å². The number of ether oxygens (including phenoxy) is 2. The van der Waals surface area contributed by atoms with Gasteiger partial charge in [-0.05, 0) is 6.92 Å². The van der Waals surface area contributed by atoms with E-state index in [0.29, 0.717) is 0 Å². The molecule has 1 fully saturated rings. The van der Waals surface area contributed by atoms with Gasteiger partial charge in [0.25, 0.3) is 0 Å². The first-order valence-corrected chi connectivity index (χ1v) is 5.08. The number of aliphatic hydroxyl groups excluding tert-OH is 5. The maximum Gasteiger partial charge on any atom is 0.187 e. The van der Waals surface area contributed by atoms with Crippen molar-refractivity contribution in [3.05, 3.63) is 0 Å². The molecule has 1 aliphatic rings. The van der Waals surface area contributed by atoms with E-state index in [-0.39, 0.29) is 6.61 Å². The van der Waals surface area contributed by atoms with Gasteiger partial charge in [0.15, 0.2) is 6.29 Å². The van der Waals surface area contributed by atoms with E-state index in [1.807, 2.05) is 0 Å². The molecule has 5 N–H and O–H groups in total. The van der Waals surface area contributed by atoms with Crippen molar-refractivity contribution in [3.63, 3.8) is 0 Å². The van der Waals surface area contributed by atoms with Crippen molar-refractivity contribution in [1.29, 1.82) is 0 Å².